The van der Waals surface area contributed by atoms with E-state index in [-0.39, 0.29) is 40.3 Å². The second-order valence-electron chi connectivity index (χ2n) is 0. The molecule has 0 rings (SSSR count). The van der Waals surface area contributed by atoms with E-state index in [0.717, 1.165) is 0 Å². The van der Waals surface area contributed by atoms with Crippen molar-refractivity contribution in [3.05, 3.63) is 0 Å². The zero-order chi connectivity index (χ0) is 0. The Labute approximate surface area is 40.8 Å². The van der Waals surface area contributed by atoms with E-state index in [1.165, 1.54) is 0 Å². The van der Waals surface area contributed by atoms with E-state index in [1.54, 1.807) is 0 Å². The zero-order valence-electron chi connectivity index (χ0n) is 1.72. The molecule has 0 bridgehead atoms. The summed E-state index contributed by atoms with van der Waals surface area (Å²) >= 11 is 0. The maximum atomic E-state index is 0. The van der Waals surface area contributed by atoms with Crippen LogP contribution in [0.5, 0.6) is 0 Å². The van der Waals surface area contributed by atoms with Gasteiger partial charge in [-0.05, 0) is 0 Å². The summed E-state index contributed by atoms with van der Waals surface area (Å²) < 4.78 is 0. The molecule has 0 fully saturated rings. The van der Waals surface area contributed by atoms with Crippen LogP contribution in [0.15, 0.2) is 0 Å². The van der Waals surface area contributed by atoms with Crippen LogP contribution in [-0.2, 0) is 26.2 Å². The quantitative estimate of drug-likeness (QED) is 0.472. The molecule has 0 aromatic carbocycles. The van der Waals surface area contributed by atoms with Gasteiger partial charge in [0.2, 0.25) is 0 Å². The molecule has 0 atom stereocenters. The molecule has 0 saturated heterocycles. The Balaban J connectivity index is 0. The summed E-state index contributed by atoms with van der Waals surface area (Å²) in [7, 11) is 0. The maximum absolute atomic E-state index is 0. The maximum Gasteiger partial charge on any atom is 0 e. The van der Waals surface area contributed by atoms with Gasteiger partial charge in [-0.3, -0.25) is 14.1 Å². The molecule has 0 aliphatic rings. The second-order valence-corrected chi connectivity index (χ2v) is 0. The molecule has 0 nitrogen and oxygen atoms in total. The van der Waals surface area contributed by atoms with Gasteiger partial charge in [0, 0.05) is 26.2 Å². The third-order valence-electron chi connectivity index (χ3n) is 0. The predicted molar refractivity (Wildman–Crippen MR) is 7.51 cm³/mol. The summed E-state index contributed by atoms with van der Waals surface area (Å²) in [5, 5.41) is 0. The van der Waals surface area contributed by atoms with Crippen molar-refractivity contribution in [1.82, 2.24) is 0 Å². The summed E-state index contributed by atoms with van der Waals surface area (Å²) in [6.07, 6.45) is 0. The molecule has 0 heterocycles. The van der Waals surface area contributed by atoms with Crippen molar-refractivity contribution in [3.63, 3.8) is 0 Å². The number of hydrogen-bond acceptors (Lipinski definition) is 0. The van der Waals surface area contributed by atoms with E-state index in [9.17, 15) is 0 Å². The van der Waals surface area contributed by atoms with Crippen LogP contribution >= 0.6 is 0 Å². The molecule has 0 aliphatic heterocycles. The average molecular weight is 151 g/mol. The Kier molecular flexibility index (Phi) is 2020. The molecular weight excluding hydrogens is 148 g/mol. The van der Waals surface area contributed by atoms with Crippen LogP contribution in [0.4, 0.5) is 14.1 Å². The topological polar surface area (TPSA) is 0 Å². The Hall–Kier alpha value is 0.673. The molecule has 0 aromatic rings. The van der Waals surface area contributed by atoms with Crippen LogP contribution in [-0.4, -0.2) is 0 Å². The molecule has 0 N–H and O–H groups in total. The standard InChI is InChI=1S/3FH.Zr/h3*1H;. The normalized spacial score (nSPS) is 0. The van der Waals surface area contributed by atoms with Crippen LogP contribution in [0.3, 0.4) is 0 Å². The molecule has 0 aliphatic carbocycles. The van der Waals surface area contributed by atoms with Crippen molar-refractivity contribution in [3.8, 4) is 0 Å². The summed E-state index contributed by atoms with van der Waals surface area (Å²) in [5.74, 6) is 0. The first-order chi connectivity index (χ1) is 0. The summed E-state index contributed by atoms with van der Waals surface area (Å²) in [5.41, 5.74) is 0. The van der Waals surface area contributed by atoms with E-state index < -0.39 is 0 Å². The molecular formula is H3F3Zr. The van der Waals surface area contributed by atoms with E-state index in [2.05, 4.69) is 0 Å². The van der Waals surface area contributed by atoms with Crippen molar-refractivity contribution < 1.29 is 40.3 Å². The van der Waals surface area contributed by atoms with Gasteiger partial charge in [0.25, 0.3) is 0 Å². The predicted octanol–water partition coefficient (Wildman–Crippen LogP) is 0.455. The van der Waals surface area contributed by atoms with E-state index in [0.29, 0.717) is 0 Å². The van der Waals surface area contributed by atoms with Crippen LogP contribution in [0.2, 0.25) is 0 Å². The van der Waals surface area contributed by atoms with Crippen LogP contribution < -0.4 is 0 Å². The fourth-order valence-corrected chi connectivity index (χ4v) is 0. The van der Waals surface area contributed by atoms with Crippen LogP contribution in [0.1, 0.15) is 0 Å². The van der Waals surface area contributed by atoms with Crippen LogP contribution in [0.25, 0.3) is 0 Å². The van der Waals surface area contributed by atoms with Gasteiger partial charge in [-0.25, -0.2) is 0 Å². The van der Waals surface area contributed by atoms with Gasteiger partial charge < -0.3 is 0 Å². The Morgan fingerprint density at radius 1 is 0.500 bits per heavy atom. The molecule has 0 saturated carbocycles. The van der Waals surface area contributed by atoms with Crippen molar-refractivity contribution in [1.29, 1.82) is 0 Å². The van der Waals surface area contributed by atoms with Gasteiger partial charge >= 0.3 is 0 Å². The van der Waals surface area contributed by atoms with Crippen molar-refractivity contribution in [2.45, 2.75) is 0 Å². The summed E-state index contributed by atoms with van der Waals surface area (Å²) in [6, 6.07) is 0. The van der Waals surface area contributed by atoms with Gasteiger partial charge in [0.1, 0.15) is 0 Å². The summed E-state index contributed by atoms with van der Waals surface area (Å²) in [6.45, 7) is 0. The molecule has 0 radical (unpaired) electrons. The first-order valence-corrected chi connectivity index (χ1v) is 0. The van der Waals surface area contributed by atoms with Gasteiger partial charge in [-0.15, -0.1) is 0 Å². The van der Waals surface area contributed by atoms with Crippen LogP contribution in [0, 0.1) is 0 Å². The van der Waals surface area contributed by atoms with Crippen molar-refractivity contribution in [2.24, 2.45) is 0 Å². The minimum absolute atomic E-state index is 0. The number of rotatable bonds is 0. The Bertz CT molecular complexity index is 3.25. The monoisotopic (exact) mass is 150 g/mol. The Morgan fingerprint density at radius 2 is 0.500 bits per heavy atom. The number of hydrogen-bond donors (Lipinski definition) is 0. The molecule has 0 unspecified atom stereocenters. The van der Waals surface area contributed by atoms with E-state index in [1.807, 2.05) is 0 Å². The average Bonchev–Trinajstić information content (AvgIpc) is 0. The first kappa shape index (κ1) is 139. The molecule has 0 spiro atoms. The van der Waals surface area contributed by atoms with Gasteiger partial charge in [0.05, 0.1) is 0 Å². The van der Waals surface area contributed by atoms with Gasteiger partial charge in [-0.1, -0.05) is 0 Å². The molecule has 28 valence electrons. The van der Waals surface area contributed by atoms with Gasteiger partial charge in [0.15, 0.2) is 0 Å². The number of halogens is 3. The summed E-state index contributed by atoms with van der Waals surface area (Å²) in [4.78, 5) is 0. The smallest absolute Gasteiger partial charge is 0 e. The Morgan fingerprint density at radius 3 is 0.500 bits per heavy atom. The third kappa shape index (κ3) is 16.5. The minimum Gasteiger partial charge on any atom is -0.269 e. The molecule has 4 heteroatoms. The second kappa shape index (κ2) is 57.9. The van der Waals surface area contributed by atoms with Crippen molar-refractivity contribution in [2.75, 3.05) is 0 Å². The van der Waals surface area contributed by atoms with E-state index in [4.69, 9.17) is 0 Å². The SMILES string of the molecule is F.F.F.[Zr]. The fourth-order valence-electron chi connectivity index (χ4n) is 0. The van der Waals surface area contributed by atoms with E-state index >= 15 is 0 Å². The molecule has 0 amide bonds. The van der Waals surface area contributed by atoms with Crippen molar-refractivity contribution >= 4 is 0 Å². The fraction of sp³-hybridized carbons (Fsp3) is 0. The largest absolute Gasteiger partial charge is 0.269 e. The van der Waals surface area contributed by atoms with Gasteiger partial charge in [-0.2, -0.15) is 0 Å². The minimum atomic E-state index is 0. The zero-order valence-corrected chi connectivity index (χ0v) is 4.18. The molecule has 0 aromatic heterocycles. The molecule has 4 heavy (non-hydrogen) atoms. The third-order valence-corrected chi connectivity index (χ3v) is 0. The first-order valence-electron chi connectivity index (χ1n) is 0.